The molecule has 1 aliphatic heterocycles. The number of oxazole rings is 4. The van der Waals surface area contributed by atoms with Crippen molar-refractivity contribution in [2.75, 3.05) is 0 Å². The number of aromatic nitrogens is 5. The SMILES string of the molecule is CC[C@@H](C)[C@H]1NC(=O)c2nc(oc2-c2ccccc2)-c2csc(n2)-c2coc(n2)-c2coc(n2)-c2coc(n2)CNC(=O)[C@H](C(C)C)NC1=O. The van der Waals surface area contributed by atoms with Crippen molar-refractivity contribution in [3.05, 3.63) is 66.1 Å². The van der Waals surface area contributed by atoms with Crippen LogP contribution in [0.2, 0.25) is 0 Å². The Balaban J connectivity index is 1.30. The molecule has 0 saturated heterocycles. The molecule has 3 amide bonds. The molecule has 0 saturated carbocycles. The maximum absolute atomic E-state index is 14.0. The molecule has 3 atom stereocenters. The molecule has 0 radical (unpaired) electrons. The summed E-state index contributed by atoms with van der Waals surface area (Å²) in [5, 5.41) is 10.7. The quantitative estimate of drug-likeness (QED) is 0.214. The third kappa shape index (κ3) is 6.44. The van der Waals surface area contributed by atoms with Crippen molar-refractivity contribution < 1.29 is 32.1 Å². The van der Waals surface area contributed by atoms with Crippen LogP contribution in [0.15, 0.2) is 72.2 Å². The van der Waals surface area contributed by atoms with Crippen LogP contribution in [0.3, 0.4) is 0 Å². The van der Waals surface area contributed by atoms with Gasteiger partial charge in [0.1, 0.15) is 47.3 Å². The molecule has 6 aromatic rings. The molecule has 0 fully saturated rings. The van der Waals surface area contributed by atoms with E-state index in [4.69, 9.17) is 17.7 Å². The summed E-state index contributed by atoms with van der Waals surface area (Å²) in [5.74, 6) is -1.33. The van der Waals surface area contributed by atoms with Gasteiger partial charge in [-0.25, -0.2) is 24.9 Å². The normalized spacial score (nSPS) is 17.5. The highest BCUT2D eigenvalue weighted by Gasteiger charge is 2.34. The summed E-state index contributed by atoms with van der Waals surface area (Å²) in [6.45, 7) is 7.31. The summed E-state index contributed by atoms with van der Waals surface area (Å²) >= 11 is 1.28. The smallest absolute Gasteiger partial charge is 0.274 e. The fraction of sp³-hybridized carbons (Fsp3) is 0.294. The van der Waals surface area contributed by atoms with Crippen LogP contribution in [0, 0.1) is 11.8 Å². The van der Waals surface area contributed by atoms with Crippen LogP contribution >= 0.6 is 11.3 Å². The van der Waals surface area contributed by atoms with Crippen LogP contribution in [-0.2, 0) is 16.1 Å². The first-order valence-corrected chi connectivity index (χ1v) is 16.8. The van der Waals surface area contributed by atoms with Gasteiger partial charge >= 0.3 is 0 Å². The summed E-state index contributed by atoms with van der Waals surface area (Å²) in [7, 11) is 0. The number of hydrogen-bond acceptors (Lipinski definition) is 13. The number of fused-ring (bicyclic) bond motifs is 14. The molecule has 10 bridgehead atoms. The number of amides is 3. The summed E-state index contributed by atoms with van der Waals surface area (Å²) in [4.78, 5) is 63.8. The van der Waals surface area contributed by atoms with Crippen molar-refractivity contribution in [3.63, 3.8) is 0 Å². The summed E-state index contributed by atoms with van der Waals surface area (Å²) in [6, 6.07) is 7.13. The van der Waals surface area contributed by atoms with Gasteiger partial charge < -0.3 is 33.6 Å². The van der Waals surface area contributed by atoms with E-state index >= 15 is 0 Å². The summed E-state index contributed by atoms with van der Waals surface area (Å²) in [5.41, 5.74) is 2.00. The lowest BCUT2D eigenvalue weighted by Gasteiger charge is -2.27. The molecule has 256 valence electrons. The number of hydrogen-bond donors (Lipinski definition) is 3. The highest BCUT2D eigenvalue weighted by atomic mass is 32.1. The van der Waals surface area contributed by atoms with E-state index in [1.165, 1.54) is 30.1 Å². The van der Waals surface area contributed by atoms with E-state index in [1.807, 2.05) is 45.9 Å². The first kappa shape index (κ1) is 32.6. The van der Waals surface area contributed by atoms with Gasteiger partial charge in [0.05, 0.1) is 6.54 Å². The third-order valence-corrected chi connectivity index (χ3v) is 9.13. The lowest BCUT2D eigenvalue weighted by molar-refractivity contribution is -0.131. The van der Waals surface area contributed by atoms with Crippen molar-refractivity contribution in [2.24, 2.45) is 11.8 Å². The highest BCUT2D eigenvalue weighted by Crippen LogP contribution is 2.34. The van der Waals surface area contributed by atoms with E-state index < -0.39 is 29.8 Å². The minimum atomic E-state index is -0.997. The molecule has 16 heteroatoms. The monoisotopic (exact) mass is 696 g/mol. The number of nitrogens with one attached hydrogen (secondary N) is 3. The highest BCUT2D eigenvalue weighted by molar-refractivity contribution is 7.13. The summed E-state index contributed by atoms with van der Waals surface area (Å²) in [6.07, 6.45) is 4.74. The lowest BCUT2D eigenvalue weighted by Crippen LogP contribution is -2.57. The van der Waals surface area contributed by atoms with E-state index in [0.29, 0.717) is 39.8 Å². The van der Waals surface area contributed by atoms with Crippen LogP contribution in [0.4, 0.5) is 0 Å². The molecule has 0 unspecified atom stereocenters. The molecule has 1 aliphatic rings. The van der Waals surface area contributed by atoms with Crippen molar-refractivity contribution >= 4 is 29.1 Å². The van der Waals surface area contributed by atoms with Crippen molar-refractivity contribution in [2.45, 2.75) is 52.7 Å². The molecule has 3 N–H and O–H groups in total. The predicted molar refractivity (Wildman–Crippen MR) is 179 cm³/mol. The van der Waals surface area contributed by atoms with Gasteiger partial charge in [-0.1, -0.05) is 64.4 Å². The third-order valence-electron chi connectivity index (χ3n) is 8.26. The predicted octanol–water partition coefficient (Wildman–Crippen LogP) is 5.35. The Morgan fingerprint density at radius 3 is 2.22 bits per heavy atom. The zero-order valence-corrected chi connectivity index (χ0v) is 28.2. The molecule has 15 nitrogen and oxygen atoms in total. The second-order valence-electron chi connectivity index (χ2n) is 12.1. The lowest BCUT2D eigenvalue weighted by atomic mass is 9.96. The summed E-state index contributed by atoms with van der Waals surface area (Å²) < 4.78 is 23.0. The van der Waals surface area contributed by atoms with Gasteiger partial charge in [-0.05, 0) is 11.8 Å². The maximum Gasteiger partial charge on any atom is 0.274 e. The number of benzene rings is 1. The Morgan fingerprint density at radius 1 is 0.780 bits per heavy atom. The number of carbonyl (C=O) groups excluding carboxylic acids is 3. The van der Waals surface area contributed by atoms with Gasteiger partial charge in [0.15, 0.2) is 22.8 Å². The molecular weight excluding hydrogens is 664 g/mol. The Labute approximate surface area is 289 Å². The average Bonchev–Trinajstić information content (AvgIpc) is 3.96. The number of nitrogens with zero attached hydrogens (tertiary/aromatic N) is 5. The van der Waals surface area contributed by atoms with Crippen molar-refractivity contribution in [1.82, 2.24) is 40.9 Å². The Morgan fingerprint density at radius 2 is 1.48 bits per heavy atom. The van der Waals surface area contributed by atoms with Crippen LogP contribution in [0.1, 0.15) is 50.5 Å². The fourth-order valence-corrected chi connectivity index (χ4v) is 6.03. The molecule has 5 aromatic heterocycles. The van der Waals surface area contributed by atoms with E-state index in [0.717, 1.165) is 0 Å². The molecule has 50 heavy (non-hydrogen) atoms. The minimum absolute atomic E-state index is 0.0228. The maximum atomic E-state index is 14.0. The first-order chi connectivity index (χ1) is 24.2. The number of rotatable bonds is 4. The Bertz CT molecular complexity index is 2160. The second-order valence-corrected chi connectivity index (χ2v) is 12.9. The van der Waals surface area contributed by atoms with Gasteiger partial charge in [0.2, 0.25) is 35.4 Å². The number of thiazole rings is 1. The minimum Gasteiger partial charge on any atom is -0.446 e. The van der Waals surface area contributed by atoms with E-state index in [9.17, 15) is 14.4 Å². The Kier molecular flexibility index (Phi) is 8.84. The zero-order valence-electron chi connectivity index (χ0n) is 27.4. The average molecular weight is 697 g/mol. The molecule has 0 aliphatic carbocycles. The van der Waals surface area contributed by atoms with Crippen LogP contribution in [0.5, 0.6) is 0 Å². The van der Waals surface area contributed by atoms with Gasteiger partial charge in [0.25, 0.3) is 5.91 Å². The van der Waals surface area contributed by atoms with Crippen molar-refractivity contribution in [3.8, 4) is 56.8 Å². The largest absolute Gasteiger partial charge is 0.446 e. The number of carbonyl (C=O) groups is 3. The zero-order chi connectivity index (χ0) is 34.9. The molecule has 1 aromatic carbocycles. The molecule has 7 rings (SSSR count). The van der Waals surface area contributed by atoms with E-state index in [2.05, 4.69) is 40.9 Å². The molecule has 0 spiro atoms. The first-order valence-electron chi connectivity index (χ1n) is 16.0. The van der Waals surface area contributed by atoms with Gasteiger partial charge in [-0.2, -0.15) is 0 Å². The second kappa shape index (κ2) is 13.5. The Hall–Kier alpha value is -5.90. The van der Waals surface area contributed by atoms with Crippen molar-refractivity contribution in [1.29, 1.82) is 0 Å². The van der Waals surface area contributed by atoms with E-state index in [1.54, 1.807) is 17.5 Å². The van der Waals surface area contributed by atoms with Gasteiger partial charge in [-0.15, -0.1) is 11.3 Å². The standard InChI is InChI=1S/C34H32N8O7S/c1-5-17(4)25-29(44)40-24(16(2)3)28(43)35-11-23-36-19(12-46-23)31-37-20(13-47-31)32-38-21(14-48-32)34-39-22(15-50-34)33-42-26(30(45)41-25)27(49-33)18-9-7-6-8-10-18/h6-10,12-17,24-25H,5,11H2,1-4H3,(H,35,43)(H,40,44)(H,41,45)/t17-,24+,25-/m1/s1. The molecule has 6 heterocycles. The van der Waals surface area contributed by atoms with E-state index in [-0.39, 0.29) is 53.4 Å². The van der Waals surface area contributed by atoms with Crippen LogP contribution < -0.4 is 16.0 Å². The topological polar surface area (TPSA) is 204 Å². The van der Waals surface area contributed by atoms with Crippen LogP contribution in [0.25, 0.3) is 56.8 Å². The fourth-order valence-electron chi connectivity index (χ4n) is 5.29. The van der Waals surface area contributed by atoms with Gasteiger partial charge in [0, 0.05) is 10.9 Å². The van der Waals surface area contributed by atoms with Gasteiger partial charge in [-0.3, -0.25) is 14.4 Å². The van der Waals surface area contributed by atoms with Crippen LogP contribution in [-0.4, -0.2) is 54.7 Å². The molecular formula is C34H32N8O7S.